The van der Waals surface area contributed by atoms with Gasteiger partial charge in [-0.15, -0.1) is 0 Å². The summed E-state index contributed by atoms with van der Waals surface area (Å²) in [6.07, 6.45) is 6.16. The van der Waals surface area contributed by atoms with Crippen LogP contribution < -0.4 is 21.5 Å². The Morgan fingerprint density at radius 3 is 3.00 bits per heavy atom. The maximum atomic E-state index is 12.5. The monoisotopic (exact) mass is 355 g/mol. The highest BCUT2D eigenvalue weighted by Gasteiger charge is 2.27. The minimum absolute atomic E-state index is 0.149. The molecule has 138 valence electrons. The lowest BCUT2D eigenvalue weighted by molar-refractivity contribution is 0.312. The third-order valence-electron chi connectivity index (χ3n) is 5.10. The van der Waals surface area contributed by atoms with Gasteiger partial charge < -0.3 is 20.7 Å². The Hall–Kier alpha value is -2.38. The maximum absolute atomic E-state index is 12.5. The van der Waals surface area contributed by atoms with E-state index in [1.165, 1.54) is 0 Å². The van der Waals surface area contributed by atoms with Crippen LogP contribution in [0.25, 0.3) is 0 Å². The fourth-order valence-corrected chi connectivity index (χ4v) is 3.68. The van der Waals surface area contributed by atoms with E-state index in [0.717, 1.165) is 63.3 Å². The molecule has 1 fully saturated rings. The number of nitrogens with zero attached hydrogens (tertiary/aromatic N) is 3. The molecule has 0 radical (unpaired) electrons. The zero-order valence-electron chi connectivity index (χ0n) is 14.9. The molecule has 2 aromatic rings. The van der Waals surface area contributed by atoms with E-state index in [-0.39, 0.29) is 11.7 Å². The number of para-hydroxylation sites is 2. The molecule has 2 aliphatic heterocycles. The highest BCUT2D eigenvalue weighted by atomic mass is 16.5. The standard InChI is InChI=1S/C19H25N5O2/c20-9-4-1-5-10-23-11-8-14(12-23)24-13-17-18(22-19(24)25)21-15-6-2-3-7-16(15)26-17/h2-3,6-7,13-14H,1,4-5,8-12,20H2,(H,21,22,25). The van der Waals surface area contributed by atoms with Gasteiger partial charge in [-0.1, -0.05) is 18.6 Å². The maximum Gasteiger partial charge on any atom is 0.350 e. The summed E-state index contributed by atoms with van der Waals surface area (Å²) >= 11 is 0. The summed E-state index contributed by atoms with van der Waals surface area (Å²) in [7, 11) is 0. The molecule has 7 nitrogen and oxygen atoms in total. The van der Waals surface area contributed by atoms with Crippen molar-refractivity contribution in [2.24, 2.45) is 5.73 Å². The smallest absolute Gasteiger partial charge is 0.350 e. The number of hydrogen-bond donors (Lipinski definition) is 2. The minimum atomic E-state index is -0.228. The van der Waals surface area contributed by atoms with Gasteiger partial charge in [-0.25, -0.2) is 4.79 Å². The molecule has 1 aromatic carbocycles. The molecule has 3 heterocycles. The average molecular weight is 355 g/mol. The van der Waals surface area contributed by atoms with Gasteiger partial charge in [0.25, 0.3) is 0 Å². The second-order valence-corrected chi connectivity index (χ2v) is 6.96. The van der Waals surface area contributed by atoms with E-state index >= 15 is 0 Å². The number of nitrogens with one attached hydrogen (secondary N) is 1. The van der Waals surface area contributed by atoms with Crippen molar-refractivity contribution >= 4 is 11.5 Å². The van der Waals surface area contributed by atoms with Crippen LogP contribution in [0.1, 0.15) is 31.7 Å². The highest BCUT2D eigenvalue weighted by Crippen LogP contribution is 2.40. The minimum Gasteiger partial charge on any atom is -0.450 e. The van der Waals surface area contributed by atoms with Crippen molar-refractivity contribution in [2.75, 3.05) is 31.5 Å². The summed E-state index contributed by atoms with van der Waals surface area (Å²) in [5, 5.41) is 3.18. The molecule has 1 atom stereocenters. The third-order valence-corrected chi connectivity index (χ3v) is 5.10. The van der Waals surface area contributed by atoms with E-state index in [2.05, 4.69) is 15.2 Å². The number of aromatic nitrogens is 2. The highest BCUT2D eigenvalue weighted by molar-refractivity contribution is 5.72. The molecule has 1 saturated heterocycles. The summed E-state index contributed by atoms with van der Waals surface area (Å²) in [5.41, 5.74) is 6.15. The lowest BCUT2D eigenvalue weighted by Gasteiger charge is -2.23. The van der Waals surface area contributed by atoms with Gasteiger partial charge in [-0.05, 0) is 44.5 Å². The van der Waals surface area contributed by atoms with Crippen LogP contribution in [-0.4, -0.2) is 40.6 Å². The molecule has 1 unspecified atom stereocenters. The number of anilines is 2. The van der Waals surface area contributed by atoms with Gasteiger partial charge in [-0.2, -0.15) is 4.98 Å². The first-order valence-corrected chi connectivity index (χ1v) is 9.34. The van der Waals surface area contributed by atoms with E-state index in [1.54, 1.807) is 10.8 Å². The Labute approximate surface area is 152 Å². The number of unbranched alkanes of at least 4 members (excludes halogenated alkanes) is 2. The fraction of sp³-hybridized carbons (Fsp3) is 0.474. The Morgan fingerprint density at radius 1 is 1.23 bits per heavy atom. The van der Waals surface area contributed by atoms with Gasteiger partial charge in [0.05, 0.1) is 17.9 Å². The largest absolute Gasteiger partial charge is 0.450 e. The first-order valence-electron chi connectivity index (χ1n) is 9.34. The topological polar surface area (TPSA) is 85.4 Å². The number of rotatable bonds is 6. The van der Waals surface area contributed by atoms with E-state index in [1.807, 2.05) is 24.3 Å². The van der Waals surface area contributed by atoms with Gasteiger partial charge in [0.1, 0.15) is 0 Å². The van der Waals surface area contributed by atoms with Crippen LogP contribution in [0.15, 0.2) is 35.3 Å². The van der Waals surface area contributed by atoms with Gasteiger partial charge in [0.15, 0.2) is 17.3 Å². The van der Waals surface area contributed by atoms with Crippen molar-refractivity contribution in [3.05, 3.63) is 40.9 Å². The lowest BCUT2D eigenvalue weighted by Crippen LogP contribution is -2.30. The number of nitrogens with two attached hydrogens (primary N) is 1. The molecule has 3 N–H and O–H groups in total. The first-order chi connectivity index (χ1) is 12.7. The molecule has 0 amide bonds. The molecule has 4 rings (SSSR count). The molecular formula is C19H25N5O2. The molecule has 26 heavy (non-hydrogen) atoms. The molecule has 0 aliphatic carbocycles. The van der Waals surface area contributed by atoms with Crippen LogP contribution in [-0.2, 0) is 0 Å². The zero-order valence-corrected chi connectivity index (χ0v) is 14.9. The molecule has 0 saturated carbocycles. The quantitative estimate of drug-likeness (QED) is 0.661. The Balaban J connectivity index is 1.46. The van der Waals surface area contributed by atoms with Crippen LogP contribution >= 0.6 is 0 Å². The number of ether oxygens (including phenoxy) is 1. The van der Waals surface area contributed by atoms with Crippen LogP contribution in [0.2, 0.25) is 0 Å². The number of fused-ring (bicyclic) bond motifs is 2. The SMILES string of the molecule is NCCCCCN1CCC(n2cc3c(nc2=O)Nc2ccccc2O3)C1. The molecule has 1 aromatic heterocycles. The predicted molar refractivity (Wildman–Crippen MR) is 101 cm³/mol. The van der Waals surface area contributed by atoms with E-state index in [4.69, 9.17) is 10.5 Å². The number of hydrogen-bond acceptors (Lipinski definition) is 6. The molecule has 7 heteroatoms. The van der Waals surface area contributed by atoms with Crippen molar-refractivity contribution in [1.82, 2.24) is 14.5 Å². The van der Waals surface area contributed by atoms with E-state index in [9.17, 15) is 4.79 Å². The van der Waals surface area contributed by atoms with Gasteiger partial charge in [0.2, 0.25) is 0 Å². The van der Waals surface area contributed by atoms with Crippen LogP contribution in [0.3, 0.4) is 0 Å². The Kier molecular flexibility index (Phi) is 4.90. The molecule has 2 aliphatic rings. The summed E-state index contributed by atoms with van der Waals surface area (Å²) in [6, 6.07) is 7.80. The van der Waals surface area contributed by atoms with E-state index < -0.39 is 0 Å². The Bertz CT molecular complexity index is 835. The number of likely N-dealkylation sites (tertiary alicyclic amines) is 1. The summed E-state index contributed by atoms with van der Waals surface area (Å²) in [5.74, 6) is 1.84. The normalized spacial score (nSPS) is 18.7. The van der Waals surface area contributed by atoms with Crippen molar-refractivity contribution < 1.29 is 4.74 Å². The zero-order chi connectivity index (χ0) is 17.9. The number of benzene rings is 1. The second kappa shape index (κ2) is 7.47. The van der Waals surface area contributed by atoms with Gasteiger partial charge in [0, 0.05) is 13.1 Å². The predicted octanol–water partition coefficient (Wildman–Crippen LogP) is 2.47. The summed E-state index contributed by atoms with van der Waals surface area (Å²) in [6.45, 7) is 3.72. The third kappa shape index (κ3) is 3.45. The van der Waals surface area contributed by atoms with E-state index in [0.29, 0.717) is 11.6 Å². The molecular weight excluding hydrogens is 330 g/mol. The van der Waals surface area contributed by atoms with Crippen molar-refractivity contribution in [1.29, 1.82) is 0 Å². The van der Waals surface area contributed by atoms with Crippen molar-refractivity contribution in [3.63, 3.8) is 0 Å². The van der Waals surface area contributed by atoms with Gasteiger partial charge >= 0.3 is 5.69 Å². The summed E-state index contributed by atoms with van der Waals surface area (Å²) < 4.78 is 7.67. The molecule has 0 bridgehead atoms. The van der Waals surface area contributed by atoms with Crippen LogP contribution in [0.4, 0.5) is 11.5 Å². The summed E-state index contributed by atoms with van der Waals surface area (Å²) in [4.78, 5) is 19.1. The molecule has 0 spiro atoms. The second-order valence-electron chi connectivity index (χ2n) is 6.96. The van der Waals surface area contributed by atoms with Gasteiger partial charge in [-0.3, -0.25) is 4.57 Å². The lowest BCUT2D eigenvalue weighted by atomic mass is 10.2. The van der Waals surface area contributed by atoms with Crippen LogP contribution in [0, 0.1) is 0 Å². The first kappa shape index (κ1) is 17.1. The van der Waals surface area contributed by atoms with Crippen molar-refractivity contribution in [3.8, 4) is 11.5 Å². The Morgan fingerprint density at radius 2 is 2.12 bits per heavy atom. The fourth-order valence-electron chi connectivity index (χ4n) is 3.68. The van der Waals surface area contributed by atoms with Crippen LogP contribution in [0.5, 0.6) is 11.5 Å². The average Bonchev–Trinajstić information content (AvgIpc) is 3.12. The van der Waals surface area contributed by atoms with Crippen molar-refractivity contribution in [2.45, 2.75) is 31.7 Å².